The Morgan fingerprint density at radius 1 is 1.05 bits per heavy atom. The molecule has 0 saturated carbocycles. The Morgan fingerprint density at radius 2 is 1.76 bits per heavy atom. The van der Waals surface area contributed by atoms with Gasteiger partial charge in [-0.3, -0.25) is 4.98 Å². The Balaban J connectivity index is 2.31. The van der Waals surface area contributed by atoms with E-state index in [4.69, 9.17) is 0 Å². The van der Waals surface area contributed by atoms with Gasteiger partial charge in [0.2, 0.25) is 0 Å². The number of nitrogens with zero attached hydrogens (tertiary/aromatic N) is 1. The third-order valence-corrected chi connectivity index (χ3v) is 3.65. The largest absolute Gasteiger partial charge is 0.309 e. The van der Waals surface area contributed by atoms with Crippen molar-refractivity contribution < 1.29 is 8.78 Å². The SMILES string of the molecule is CCCNC(c1ccc(F)c(F)c1)C(C)c1ccncc1. The van der Waals surface area contributed by atoms with E-state index in [2.05, 4.69) is 24.1 Å². The first-order valence-corrected chi connectivity index (χ1v) is 7.21. The molecule has 0 amide bonds. The van der Waals surface area contributed by atoms with E-state index in [9.17, 15) is 8.78 Å². The second kappa shape index (κ2) is 7.27. The van der Waals surface area contributed by atoms with Crippen LogP contribution < -0.4 is 5.32 Å². The summed E-state index contributed by atoms with van der Waals surface area (Å²) in [7, 11) is 0. The van der Waals surface area contributed by atoms with E-state index in [0.29, 0.717) is 0 Å². The molecule has 2 atom stereocenters. The molecule has 0 spiro atoms. The smallest absolute Gasteiger partial charge is 0.159 e. The standard InChI is InChI=1S/C17H20F2N2/c1-3-8-21-17(12(2)13-6-9-20-10-7-13)14-4-5-15(18)16(19)11-14/h4-7,9-12,17,21H,3,8H2,1-2H3. The molecule has 112 valence electrons. The van der Waals surface area contributed by atoms with Crippen LogP contribution in [0.3, 0.4) is 0 Å². The summed E-state index contributed by atoms with van der Waals surface area (Å²) < 4.78 is 26.6. The van der Waals surface area contributed by atoms with Gasteiger partial charge < -0.3 is 5.32 Å². The van der Waals surface area contributed by atoms with Crippen LogP contribution in [0.2, 0.25) is 0 Å². The summed E-state index contributed by atoms with van der Waals surface area (Å²) in [5, 5.41) is 3.42. The summed E-state index contributed by atoms with van der Waals surface area (Å²) in [5.41, 5.74) is 1.87. The molecule has 2 aromatic rings. The van der Waals surface area contributed by atoms with E-state index >= 15 is 0 Å². The summed E-state index contributed by atoms with van der Waals surface area (Å²) in [6.45, 7) is 4.97. The first-order valence-electron chi connectivity index (χ1n) is 7.21. The molecule has 2 nitrogen and oxygen atoms in total. The lowest BCUT2D eigenvalue weighted by Gasteiger charge is -2.26. The van der Waals surface area contributed by atoms with E-state index in [-0.39, 0.29) is 12.0 Å². The highest BCUT2D eigenvalue weighted by Crippen LogP contribution is 2.31. The minimum absolute atomic E-state index is 0.0672. The van der Waals surface area contributed by atoms with Gasteiger partial charge in [-0.25, -0.2) is 8.78 Å². The lowest BCUT2D eigenvalue weighted by Crippen LogP contribution is -2.27. The molecule has 1 aromatic carbocycles. The van der Waals surface area contributed by atoms with E-state index in [1.165, 1.54) is 12.1 Å². The van der Waals surface area contributed by atoms with Crippen LogP contribution in [0.15, 0.2) is 42.7 Å². The molecule has 1 N–H and O–H groups in total. The maximum atomic E-state index is 13.5. The van der Waals surface area contributed by atoms with E-state index in [0.717, 1.165) is 24.1 Å². The first-order chi connectivity index (χ1) is 10.1. The van der Waals surface area contributed by atoms with Gasteiger partial charge in [0, 0.05) is 24.4 Å². The van der Waals surface area contributed by atoms with Crippen molar-refractivity contribution in [2.75, 3.05) is 6.54 Å². The number of rotatable bonds is 6. The van der Waals surface area contributed by atoms with Crippen LogP contribution in [0.1, 0.15) is 43.4 Å². The van der Waals surface area contributed by atoms with Crippen molar-refractivity contribution in [1.29, 1.82) is 0 Å². The van der Waals surface area contributed by atoms with Crippen molar-refractivity contribution in [3.8, 4) is 0 Å². The van der Waals surface area contributed by atoms with Gasteiger partial charge in [0.1, 0.15) is 0 Å². The molecule has 0 aliphatic rings. The molecule has 0 bridgehead atoms. The number of pyridine rings is 1. The quantitative estimate of drug-likeness (QED) is 0.862. The zero-order valence-electron chi connectivity index (χ0n) is 12.3. The van der Waals surface area contributed by atoms with Gasteiger partial charge >= 0.3 is 0 Å². The predicted octanol–water partition coefficient (Wildman–Crippen LogP) is 4.20. The highest BCUT2D eigenvalue weighted by molar-refractivity contribution is 5.27. The number of nitrogens with one attached hydrogen (secondary N) is 1. The van der Waals surface area contributed by atoms with Crippen molar-refractivity contribution >= 4 is 0 Å². The number of benzene rings is 1. The van der Waals surface area contributed by atoms with Crippen molar-refractivity contribution in [2.24, 2.45) is 0 Å². The normalized spacial score (nSPS) is 13.9. The lowest BCUT2D eigenvalue weighted by atomic mass is 9.89. The third kappa shape index (κ3) is 3.85. The second-order valence-electron chi connectivity index (χ2n) is 5.17. The van der Waals surface area contributed by atoms with Gasteiger partial charge in [0.15, 0.2) is 11.6 Å². The highest BCUT2D eigenvalue weighted by Gasteiger charge is 2.21. The summed E-state index contributed by atoms with van der Waals surface area (Å²) in [6, 6.07) is 7.94. The topological polar surface area (TPSA) is 24.9 Å². The Morgan fingerprint density at radius 3 is 2.38 bits per heavy atom. The van der Waals surface area contributed by atoms with Crippen molar-refractivity contribution in [3.63, 3.8) is 0 Å². The van der Waals surface area contributed by atoms with Crippen LogP contribution in [0, 0.1) is 11.6 Å². The first kappa shape index (κ1) is 15.6. The minimum Gasteiger partial charge on any atom is -0.309 e. The van der Waals surface area contributed by atoms with Gasteiger partial charge in [-0.05, 0) is 48.4 Å². The fourth-order valence-corrected chi connectivity index (χ4v) is 2.45. The number of hydrogen-bond donors (Lipinski definition) is 1. The lowest BCUT2D eigenvalue weighted by molar-refractivity contribution is 0.457. The molecular formula is C17H20F2N2. The summed E-state index contributed by atoms with van der Waals surface area (Å²) >= 11 is 0. The van der Waals surface area contributed by atoms with Crippen LogP contribution in [0.4, 0.5) is 8.78 Å². The molecule has 0 radical (unpaired) electrons. The zero-order valence-corrected chi connectivity index (χ0v) is 12.3. The monoisotopic (exact) mass is 290 g/mol. The van der Waals surface area contributed by atoms with Crippen molar-refractivity contribution in [3.05, 3.63) is 65.5 Å². The minimum atomic E-state index is -0.815. The van der Waals surface area contributed by atoms with Crippen LogP contribution >= 0.6 is 0 Å². The van der Waals surface area contributed by atoms with Gasteiger partial charge in [-0.1, -0.05) is 19.9 Å². The average Bonchev–Trinajstić information content (AvgIpc) is 2.51. The highest BCUT2D eigenvalue weighted by atomic mass is 19.2. The third-order valence-electron chi connectivity index (χ3n) is 3.65. The average molecular weight is 290 g/mol. The molecule has 0 aliphatic carbocycles. The maximum Gasteiger partial charge on any atom is 0.159 e. The Hall–Kier alpha value is -1.81. The Bertz CT molecular complexity index is 572. The fraction of sp³-hybridized carbons (Fsp3) is 0.353. The summed E-state index contributed by atoms with van der Waals surface area (Å²) in [5.74, 6) is -1.49. The molecule has 0 aliphatic heterocycles. The molecule has 2 unspecified atom stereocenters. The van der Waals surface area contributed by atoms with Gasteiger partial charge in [-0.15, -0.1) is 0 Å². The van der Waals surface area contributed by atoms with Crippen molar-refractivity contribution in [2.45, 2.75) is 32.2 Å². The Kier molecular flexibility index (Phi) is 5.39. The van der Waals surface area contributed by atoms with E-state index in [1.807, 2.05) is 12.1 Å². The molecule has 21 heavy (non-hydrogen) atoms. The van der Waals surface area contributed by atoms with Gasteiger partial charge in [0.25, 0.3) is 0 Å². The van der Waals surface area contributed by atoms with Crippen LogP contribution in [-0.2, 0) is 0 Å². The van der Waals surface area contributed by atoms with Crippen LogP contribution in [-0.4, -0.2) is 11.5 Å². The molecular weight excluding hydrogens is 270 g/mol. The molecule has 0 saturated heterocycles. The summed E-state index contributed by atoms with van der Waals surface area (Å²) in [6.07, 6.45) is 4.46. The van der Waals surface area contributed by atoms with Gasteiger partial charge in [0.05, 0.1) is 0 Å². The molecule has 2 rings (SSSR count). The number of halogens is 2. The fourth-order valence-electron chi connectivity index (χ4n) is 2.45. The maximum absolute atomic E-state index is 13.5. The number of hydrogen-bond acceptors (Lipinski definition) is 2. The Labute approximate surface area is 124 Å². The van der Waals surface area contributed by atoms with Crippen LogP contribution in [0.5, 0.6) is 0 Å². The second-order valence-corrected chi connectivity index (χ2v) is 5.17. The van der Waals surface area contributed by atoms with E-state index < -0.39 is 11.6 Å². The molecule has 0 fully saturated rings. The zero-order chi connectivity index (χ0) is 15.2. The van der Waals surface area contributed by atoms with Gasteiger partial charge in [-0.2, -0.15) is 0 Å². The summed E-state index contributed by atoms with van der Waals surface area (Å²) in [4.78, 5) is 4.02. The predicted molar refractivity (Wildman–Crippen MR) is 80.0 cm³/mol. The number of aromatic nitrogens is 1. The van der Waals surface area contributed by atoms with Crippen molar-refractivity contribution in [1.82, 2.24) is 10.3 Å². The molecule has 1 aromatic heterocycles. The molecule has 1 heterocycles. The molecule has 4 heteroatoms. The van der Waals surface area contributed by atoms with Crippen LogP contribution in [0.25, 0.3) is 0 Å². The van der Waals surface area contributed by atoms with E-state index in [1.54, 1.807) is 18.5 Å².